The topological polar surface area (TPSA) is 38.3 Å². The Labute approximate surface area is 110 Å². The van der Waals surface area contributed by atoms with E-state index in [0.29, 0.717) is 19.1 Å². The molecule has 18 heavy (non-hydrogen) atoms. The van der Waals surface area contributed by atoms with Gasteiger partial charge in [0.15, 0.2) is 0 Å². The first-order chi connectivity index (χ1) is 8.66. The zero-order valence-electron chi connectivity index (χ0n) is 9.92. The fraction of sp³-hybridized carbons (Fsp3) is 0.462. The molecule has 0 radical (unpaired) electrons. The molecular weight excluding hydrogens is 257 g/mol. The van der Waals surface area contributed by atoms with Crippen LogP contribution in [0.2, 0.25) is 5.02 Å². The average molecular weight is 272 g/mol. The second-order valence-corrected chi connectivity index (χ2v) is 4.85. The maximum atomic E-state index is 13.5. The fourth-order valence-electron chi connectivity index (χ4n) is 1.97. The van der Waals surface area contributed by atoms with Crippen molar-refractivity contribution in [2.45, 2.75) is 12.8 Å². The summed E-state index contributed by atoms with van der Waals surface area (Å²) < 4.78 is 18.8. The number of ether oxygens (including phenoxy) is 1. The third-order valence-electron chi connectivity index (χ3n) is 2.98. The van der Waals surface area contributed by atoms with Gasteiger partial charge in [-0.3, -0.25) is 4.79 Å². The van der Waals surface area contributed by atoms with Gasteiger partial charge in [-0.25, -0.2) is 4.39 Å². The molecule has 0 aromatic heterocycles. The van der Waals surface area contributed by atoms with E-state index in [4.69, 9.17) is 16.3 Å². The van der Waals surface area contributed by atoms with Gasteiger partial charge in [0.05, 0.1) is 12.2 Å². The van der Waals surface area contributed by atoms with E-state index in [-0.39, 0.29) is 10.6 Å². The SMILES string of the molecule is O=C(NC[C@@H]1CCCOC1)c1ccc(Cl)cc1F. The standard InChI is InChI=1S/C13H15ClFNO2/c14-10-3-4-11(12(15)6-10)13(17)16-7-9-2-1-5-18-8-9/h3-4,6,9H,1-2,5,7-8H2,(H,16,17)/t9-/m0/s1. The number of rotatable bonds is 3. The molecule has 3 nitrogen and oxygen atoms in total. The van der Waals surface area contributed by atoms with Crippen molar-refractivity contribution in [3.63, 3.8) is 0 Å². The zero-order chi connectivity index (χ0) is 13.0. The molecule has 1 atom stereocenters. The lowest BCUT2D eigenvalue weighted by atomic mass is 10.0. The Morgan fingerprint density at radius 2 is 2.39 bits per heavy atom. The van der Waals surface area contributed by atoms with Gasteiger partial charge in [0.25, 0.3) is 5.91 Å². The molecule has 0 aliphatic carbocycles. The summed E-state index contributed by atoms with van der Waals surface area (Å²) >= 11 is 5.63. The van der Waals surface area contributed by atoms with Crippen molar-refractivity contribution >= 4 is 17.5 Å². The molecule has 98 valence electrons. The van der Waals surface area contributed by atoms with Crippen molar-refractivity contribution in [1.82, 2.24) is 5.32 Å². The molecule has 1 amide bonds. The van der Waals surface area contributed by atoms with E-state index in [1.165, 1.54) is 12.1 Å². The highest BCUT2D eigenvalue weighted by molar-refractivity contribution is 6.30. The fourth-order valence-corrected chi connectivity index (χ4v) is 2.13. The normalized spacial score (nSPS) is 19.6. The predicted octanol–water partition coefficient (Wildman–Crippen LogP) is 2.64. The minimum absolute atomic E-state index is 0.0242. The lowest BCUT2D eigenvalue weighted by Crippen LogP contribution is -2.33. The van der Waals surface area contributed by atoms with E-state index in [2.05, 4.69) is 5.32 Å². The number of benzene rings is 1. The van der Waals surface area contributed by atoms with Crippen LogP contribution in [0.25, 0.3) is 0 Å². The first kappa shape index (κ1) is 13.3. The lowest BCUT2D eigenvalue weighted by Gasteiger charge is -2.22. The summed E-state index contributed by atoms with van der Waals surface area (Å²) in [5.74, 6) is -0.687. The number of hydrogen-bond acceptors (Lipinski definition) is 2. The van der Waals surface area contributed by atoms with Crippen LogP contribution in [0.1, 0.15) is 23.2 Å². The number of halogens is 2. The van der Waals surface area contributed by atoms with Crippen molar-refractivity contribution in [2.24, 2.45) is 5.92 Å². The quantitative estimate of drug-likeness (QED) is 0.918. The smallest absolute Gasteiger partial charge is 0.254 e. The van der Waals surface area contributed by atoms with E-state index in [9.17, 15) is 9.18 Å². The molecule has 1 aliphatic heterocycles. The maximum Gasteiger partial charge on any atom is 0.254 e. The van der Waals surface area contributed by atoms with Gasteiger partial charge in [0, 0.05) is 18.2 Å². The van der Waals surface area contributed by atoms with Crippen molar-refractivity contribution < 1.29 is 13.9 Å². The Morgan fingerprint density at radius 3 is 3.06 bits per heavy atom. The Hall–Kier alpha value is -1.13. The van der Waals surface area contributed by atoms with Gasteiger partial charge in [-0.15, -0.1) is 0 Å². The Morgan fingerprint density at radius 1 is 1.56 bits per heavy atom. The van der Waals surface area contributed by atoms with Crippen LogP contribution < -0.4 is 5.32 Å². The summed E-state index contributed by atoms with van der Waals surface area (Å²) in [6.45, 7) is 1.96. The number of carbonyl (C=O) groups is 1. The van der Waals surface area contributed by atoms with E-state index in [1.54, 1.807) is 0 Å². The third kappa shape index (κ3) is 3.43. The van der Waals surface area contributed by atoms with Gasteiger partial charge < -0.3 is 10.1 Å². The molecule has 0 unspecified atom stereocenters. The molecular formula is C13H15ClFNO2. The van der Waals surface area contributed by atoms with Gasteiger partial charge >= 0.3 is 0 Å². The molecule has 1 aromatic rings. The summed E-state index contributed by atoms with van der Waals surface area (Å²) in [6.07, 6.45) is 2.04. The van der Waals surface area contributed by atoms with Gasteiger partial charge in [0.1, 0.15) is 5.82 Å². The zero-order valence-corrected chi connectivity index (χ0v) is 10.7. The molecule has 0 spiro atoms. The molecule has 0 bridgehead atoms. The first-order valence-corrected chi connectivity index (χ1v) is 6.35. The summed E-state index contributed by atoms with van der Waals surface area (Å²) in [7, 11) is 0. The maximum absolute atomic E-state index is 13.5. The summed E-state index contributed by atoms with van der Waals surface area (Å²) in [6, 6.07) is 4.04. The first-order valence-electron chi connectivity index (χ1n) is 5.98. The molecule has 1 aromatic carbocycles. The lowest BCUT2D eigenvalue weighted by molar-refractivity contribution is 0.0536. The van der Waals surface area contributed by atoms with Crippen molar-refractivity contribution in [3.8, 4) is 0 Å². The summed E-state index contributed by atoms with van der Waals surface area (Å²) in [5.41, 5.74) is 0.0242. The van der Waals surface area contributed by atoms with Crippen LogP contribution in [0.4, 0.5) is 4.39 Å². The molecule has 1 heterocycles. The predicted molar refractivity (Wildman–Crippen MR) is 67.3 cm³/mol. The minimum Gasteiger partial charge on any atom is -0.381 e. The van der Waals surface area contributed by atoms with E-state index in [0.717, 1.165) is 25.5 Å². The van der Waals surface area contributed by atoms with E-state index >= 15 is 0 Å². The minimum atomic E-state index is -0.597. The van der Waals surface area contributed by atoms with E-state index in [1.807, 2.05) is 0 Å². The second kappa shape index (κ2) is 6.16. The van der Waals surface area contributed by atoms with Crippen LogP contribution >= 0.6 is 11.6 Å². The van der Waals surface area contributed by atoms with Crippen LogP contribution in [0.3, 0.4) is 0 Å². The average Bonchev–Trinajstić information content (AvgIpc) is 2.37. The van der Waals surface area contributed by atoms with Crippen LogP contribution in [-0.2, 0) is 4.74 Å². The molecule has 1 N–H and O–H groups in total. The Kier molecular flexibility index (Phi) is 4.55. The van der Waals surface area contributed by atoms with Crippen LogP contribution in [-0.4, -0.2) is 25.7 Å². The summed E-state index contributed by atoms with van der Waals surface area (Å²) in [4.78, 5) is 11.8. The number of nitrogens with one attached hydrogen (secondary N) is 1. The van der Waals surface area contributed by atoms with Gasteiger partial charge in [0.2, 0.25) is 0 Å². The monoisotopic (exact) mass is 271 g/mol. The van der Waals surface area contributed by atoms with Gasteiger partial charge in [-0.05, 0) is 37.0 Å². The molecule has 1 aliphatic rings. The third-order valence-corrected chi connectivity index (χ3v) is 3.22. The highest BCUT2D eigenvalue weighted by Gasteiger charge is 2.17. The van der Waals surface area contributed by atoms with E-state index < -0.39 is 11.7 Å². The van der Waals surface area contributed by atoms with Crippen molar-refractivity contribution in [2.75, 3.05) is 19.8 Å². The van der Waals surface area contributed by atoms with Gasteiger partial charge in [-0.2, -0.15) is 0 Å². The van der Waals surface area contributed by atoms with Crippen molar-refractivity contribution in [1.29, 1.82) is 0 Å². The molecule has 2 rings (SSSR count). The highest BCUT2D eigenvalue weighted by atomic mass is 35.5. The van der Waals surface area contributed by atoms with Crippen LogP contribution in [0.15, 0.2) is 18.2 Å². The molecule has 1 saturated heterocycles. The summed E-state index contributed by atoms with van der Waals surface area (Å²) in [5, 5.41) is 3.01. The highest BCUT2D eigenvalue weighted by Crippen LogP contribution is 2.15. The second-order valence-electron chi connectivity index (χ2n) is 4.42. The number of amides is 1. The number of carbonyl (C=O) groups excluding carboxylic acids is 1. The largest absolute Gasteiger partial charge is 0.381 e. The Bertz CT molecular complexity index is 433. The molecule has 5 heteroatoms. The Balaban J connectivity index is 1.90. The molecule has 0 saturated carbocycles. The van der Waals surface area contributed by atoms with Crippen LogP contribution in [0.5, 0.6) is 0 Å². The van der Waals surface area contributed by atoms with Gasteiger partial charge in [-0.1, -0.05) is 11.6 Å². The number of hydrogen-bond donors (Lipinski definition) is 1. The molecule has 1 fully saturated rings. The van der Waals surface area contributed by atoms with Crippen LogP contribution in [0, 0.1) is 11.7 Å². The van der Waals surface area contributed by atoms with Crippen molar-refractivity contribution in [3.05, 3.63) is 34.6 Å².